The van der Waals surface area contributed by atoms with Gasteiger partial charge in [0, 0.05) is 10.1 Å². The van der Waals surface area contributed by atoms with Gasteiger partial charge >= 0.3 is 0 Å². The summed E-state index contributed by atoms with van der Waals surface area (Å²) in [4.78, 5) is 0.528. The molecule has 1 heterocycles. The Morgan fingerprint density at radius 1 is 1.23 bits per heavy atom. The summed E-state index contributed by atoms with van der Waals surface area (Å²) >= 11 is 1.28. The maximum Gasteiger partial charge on any atom is 0.139 e. The number of aromatic hydroxyl groups is 2. The van der Waals surface area contributed by atoms with E-state index >= 15 is 0 Å². The van der Waals surface area contributed by atoms with Gasteiger partial charge in [-0.05, 0) is 18.2 Å². The lowest BCUT2D eigenvalue weighted by Crippen LogP contribution is -1.73. The van der Waals surface area contributed by atoms with Crippen LogP contribution < -0.4 is 0 Å². The van der Waals surface area contributed by atoms with E-state index in [1.807, 2.05) is 0 Å². The van der Waals surface area contributed by atoms with Gasteiger partial charge < -0.3 is 15.3 Å². The van der Waals surface area contributed by atoms with Crippen molar-refractivity contribution in [3.63, 3.8) is 0 Å². The molecule has 0 atom stereocenters. The van der Waals surface area contributed by atoms with Crippen LogP contribution in [-0.4, -0.2) is 15.3 Å². The van der Waals surface area contributed by atoms with Crippen molar-refractivity contribution in [1.29, 1.82) is 0 Å². The van der Waals surface area contributed by atoms with Crippen LogP contribution >= 0.6 is 11.3 Å². The Morgan fingerprint density at radius 3 is 2.69 bits per heavy atom. The summed E-state index contributed by atoms with van der Waals surface area (Å²) < 4.78 is 0.779. The third-order valence-corrected chi connectivity index (χ3v) is 2.99. The van der Waals surface area contributed by atoms with E-state index in [1.165, 1.54) is 17.4 Å². The smallest absolute Gasteiger partial charge is 0.139 e. The van der Waals surface area contributed by atoms with Crippen LogP contribution in [0.3, 0.4) is 0 Å². The van der Waals surface area contributed by atoms with E-state index in [-0.39, 0.29) is 18.1 Å². The van der Waals surface area contributed by atoms with Crippen molar-refractivity contribution in [2.75, 3.05) is 0 Å². The number of hydrogen-bond acceptors (Lipinski definition) is 4. The van der Waals surface area contributed by atoms with Gasteiger partial charge in [-0.3, -0.25) is 0 Å². The highest BCUT2D eigenvalue weighted by atomic mass is 32.1. The second kappa shape index (κ2) is 2.90. The van der Waals surface area contributed by atoms with Gasteiger partial charge in [0.1, 0.15) is 11.5 Å². The molecular weight excluding hydrogens is 188 g/mol. The van der Waals surface area contributed by atoms with Gasteiger partial charge in [0.2, 0.25) is 0 Å². The fourth-order valence-electron chi connectivity index (χ4n) is 1.23. The summed E-state index contributed by atoms with van der Waals surface area (Å²) in [6.07, 6.45) is 0. The van der Waals surface area contributed by atoms with Crippen molar-refractivity contribution in [3.8, 4) is 11.5 Å². The molecule has 68 valence electrons. The zero-order valence-corrected chi connectivity index (χ0v) is 7.51. The normalized spacial score (nSPS) is 10.8. The molecule has 13 heavy (non-hydrogen) atoms. The largest absolute Gasteiger partial charge is 0.508 e. The van der Waals surface area contributed by atoms with Crippen LogP contribution in [0.15, 0.2) is 18.2 Å². The van der Waals surface area contributed by atoms with E-state index < -0.39 is 0 Å². The fourth-order valence-corrected chi connectivity index (χ4v) is 2.22. The number of phenols is 1. The first kappa shape index (κ1) is 8.34. The molecule has 0 aliphatic carbocycles. The molecule has 0 unspecified atom stereocenters. The topological polar surface area (TPSA) is 60.7 Å². The monoisotopic (exact) mass is 196 g/mol. The predicted octanol–water partition coefficient (Wildman–Crippen LogP) is 1.80. The van der Waals surface area contributed by atoms with Crippen molar-refractivity contribution < 1.29 is 15.3 Å². The molecule has 0 fully saturated rings. The van der Waals surface area contributed by atoms with Crippen LogP contribution in [0.4, 0.5) is 0 Å². The summed E-state index contributed by atoms with van der Waals surface area (Å²) in [5.74, 6) is 0.278. The number of phenolic OH excluding ortho intramolecular Hbond substituents is 1. The molecule has 0 radical (unpaired) electrons. The lowest BCUT2D eigenvalue weighted by molar-refractivity contribution is 0.280. The van der Waals surface area contributed by atoms with Crippen LogP contribution in [0.25, 0.3) is 10.1 Å². The van der Waals surface area contributed by atoms with Crippen LogP contribution in [-0.2, 0) is 6.61 Å². The molecule has 0 saturated heterocycles. The van der Waals surface area contributed by atoms with Crippen LogP contribution in [0.5, 0.6) is 11.5 Å². The standard InChI is InChI=1S/C9H8O3S/c10-4-8-9(12)6-2-1-5(11)3-7(6)13-8/h1-3,10-12H,4H2. The highest BCUT2D eigenvalue weighted by Crippen LogP contribution is 2.38. The van der Waals surface area contributed by atoms with Crippen molar-refractivity contribution in [1.82, 2.24) is 0 Å². The molecule has 3 nitrogen and oxygen atoms in total. The Morgan fingerprint density at radius 2 is 2.00 bits per heavy atom. The van der Waals surface area contributed by atoms with E-state index in [0.717, 1.165) is 4.70 Å². The summed E-state index contributed by atoms with van der Waals surface area (Å²) in [5.41, 5.74) is 0. The number of benzene rings is 1. The minimum atomic E-state index is -0.175. The van der Waals surface area contributed by atoms with Gasteiger partial charge in [-0.1, -0.05) is 0 Å². The molecule has 0 saturated carbocycles. The van der Waals surface area contributed by atoms with Gasteiger partial charge in [-0.2, -0.15) is 0 Å². The Labute approximate surface area is 78.5 Å². The van der Waals surface area contributed by atoms with Crippen LogP contribution in [0.2, 0.25) is 0 Å². The number of fused-ring (bicyclic) bond motifs is 1. The lowest BCUT2D eigenvalue weighted by Gasteiger charge is -1.92. The maximum atomic E-state index is 9.55. The quantitative estimate of drug-likeness (QED) is 0.651. The van der Waals surface area contributed by atoms with E-state index in [4.69, 9.17) is 10.2 Å². The highest BCUT2D eigenvalue weighted by molar-refractivity contribution is 7.19. The molecule has 0 aliphatic rings. The molecule has 1 aromatic carbocycles. The van der Waals surface area contributed by atoms with Gasteiger partial charge in [0.05, 0.1) is 11.5 Å². The van der Waals surface area contributed by atoms with E-state index in [1.54, 1.807) is 12.1 Å². The number of thiophene rings is 1. The SMILES string of the molecule is OCc1sc2cc(O)ccc2c1O. The Bertz CT molecular complexity index is 447. The van der Waals surface area contributed by atoms with Gasteiger partial charge in [-0.15, -0.1) is 11.3 Å². The zero-order chi connectivity index (χ0) is 9.42. The Balaban J connectivity index is 2.76. The number of aliphatic hydroxyl groups is 1. The molecule has 2 rings (SSSR count). The highest BCUT2D eigenvalue weighted by Gasteiger charge is 2.09. The third-order valence-electron chi connectivity index (χ3n) is 1.86. The van der Waals surface area contributed by atoms with Gasteiger partial charge in [0.15, 0.2) is 0 Å². The first-order chi connectivity index (χ1) is 6.22. The zero-order valence-electron chi connectivity index (χ0n) is 6.69. The minimum absolute atomic E-state index is 0.113. The van der Waals surface area contributed by atoms with E-state index in [9.17, 15) is 5.11 Å². The Hall–Kier alpha value is -1.26. The number of rotatable bonds is 1. The molecule has 0 amide bonds. The molecule has 1 aromatic heterocycles. The summed E-state index contributed by atoms with van der Waals surface area (Å²) in [6.45, 7) is -0.175. The molecule has 3 N–H and O–H groups in total. The van der Waals surface area contributed by atoms with E-state index in [0.29, 0.717) is 10.3 Å². The average molecular weight is 196 g/mol. The fraction of sp³-hybridized carbons (Fsp3) is 0.111. The summed E-state index contributed by atoms with van der Waals surface area (Å²) in [5, 5.41) is 28.3. The van der Waals surface area contributed by atoms with Crippen LogP contribution in [0, 0.1) is 0 Å². The second-order valence-electron chi connectivity index (χ2n) is 2.71. The summed E-state index contributed by atoms with van der Waals surface area (Å²) in [6, 6.07) is 4.71. The molecule has 0 spiro atoms. The predicted molar refractivity (Wildman–Crippen MR) is 51.1 cm³/mol. The van der Waals surface area contributed by atoms with Crippen molar-refractivity contribution in [2.45, 2.75) is 6.61 Å². The number of aliphatic hydroxyl groups excluding tert-OH is 1. The summed E-state index contributed by atoms with van der Waals surface area (Å²) in [7, 11) is 0. The minimum Gasteiger partial charge on any atom is -0.508 e. The average Bonchev–Trinajstić information content (AvgIpc) is 2.42. The lowest BCUT2D eigenvalue weighted by atomic mass is 10.2. The van der Waals surface area contributed by atoms with E-state index in [2.05, 4.69) is 0 Å². The first-order valence-electron chi connectivity index (χ1n) is 3.76. The number of hydrogen-bond donors (Lipinski definition) is 3. The van der Waals surface area contributed by atoms with Crippen LogP contribution in [0.1, 0.15) is 4.88 Å². The molecule has 0 aliphatic heterocycles. The van der Waals surface area contributed by atoms with Crippen molar-refractivity contribution in [2.24, 2.45) is 0 Å². The molecule has 2 aromatic rings. The maximum absolute atomic E-state index is 9.55. The van der Waals surface area contributed by atoms with Crippen molar-refractivity contribution in [3.05, 3.63) is 23.1 Å². The van der Waals surface area contributed by atoms with Gasteiger partial charge in [0.25, 0.3) is 0 Å². The molecule has 0 bridgehead atoms. The second-order valence-corrected chi connectivity index (χ2v) is 3.85. The molecular formula is C9H8O3S. The molecule has 4 heteroatoms. The third kappa shape index (κ3) is 1.24. The van der Waals surface area contributed by atoms with Gasteiger partial charge in [-0.25, -0.2) is 0 Å². The van der Waals surface area contributed by atoms with Crippen molar-refractivity contribution >= 4 is 21.4 Å². The first-order valence-corrected chi connectivity index (χ1v) is 4.58. The Kier molecular flexibility index (Phi) is 1.86.